The van der Waals surface area contributed by atoms with E-state index < -0.39 is 17.7 Å². The number of benzene rings is 2. The predicted molar refractivity (Wildman–Crippen MR) is 115 cm³/mol. The standard InChI is InChI=1S/C21H17BrClN3O3/c1-11-2-5-18(15(23)8-11)26-7-6-17(21(26)29)25-20(28)19(27)14-10-24-16-4-3-12(22)9-13(14)16/h2-5,8-10,17,24H,6-7H2,1H3,(H,25,28). The summed E-state index contributed by atoms with van der Waals surface area (Å²) in [6, 6.07) is 10.1. The van der Waals surface area contributed by atoms with Gasteiger partial charge in [0.1, 0.15) is 6.04 Å². The minimum absolute atomic E-state index is 0.266. The van der Waals surface area contributed by atoms with Crippen LogP contribution in [0.1, 0.15) is 22.3 Å². The molecule has 1 aliphatic rings. The van der Waals surface area contributed by atoms with Crippen molar-refractivity contribution < 1.29 is 14.4 Å². The van der Waals surface area contributed by atoms with Gasteiger partial charge in [-0.15, -0.1) is 0 Å². The van der Waals surface area contributed by atoms with Crippen molar-refractivity contribution in [3.63, 3.8) is 0 Å². The number of fused-ring (bicyclic) bond motifs is 1. The lowest BCUT2D eigenvalue weighted by molar-refractivity contribution is -0.124. The highest BCUT2D eigenvalue weighted by Gasteiger charge is 2.36. The average molecular weight is 475 g/mol. The molecule has 6 nitrogen and oxygen atoms in total. The summed E-state index contributed by atoms with van der Waals surface area (Å²) < 4.78 is 0.802. The van der Waals surface area contributed by atoms with Crippen molar-refractivity contribution in [1.29, 1.82) is 0 Å². The van der Waals surface area contributed by atoms with Crippen molar-refractivity contribution in [3.8, 4) is 0 Å². The molecule has 4 rings (SSSR count). The van der Waals surface area contributed by atoms with E-state index in [-0.39, 0.29) is 11.5 Å². The number of H-pyrrole nitrogens is 1. The molecule has 29 heavy (non-hydrogen) atoms. The Morgan fingerprint density at radius 3 is 2.79 bits per heavy atom. The number of rotatable bonds is 4. The second-order valence-corrected chi connectivity index (χ2v) is 8.30. The van der Waals surface area contributed by atoms with Gasteiger partial charge in [-0.25, -0.2) is 0 Å². The van der Waals surface area contributed by atoms with Crippen molar-refractivity contribution in [3.05, 3.63) is 63.2 Å². The highest BCUT2D eigenvalue weighted by atomic mass is 79.9. The Morgan fingerprint density at radius 2 is 2.03 bits per heavy atom. The number of halogens is 2. The van der Waals surface area contributed by atoms with E-state index in [4.69, 9.17) is 11.6 Å². The third kappa shape index (κ3) is 3.68. The number of ketones is 1. The molecule has 2 aromatic carbocycles. The van der Waals surface area contributed by atoms with E-state index in [9.17, 15) is 14.4 Å². The van der Waals surface area contributed by atoms with Crippen LogP contribution in [0, 0.1) is 6.92 Å². The number of anilines is 1. The maximum atomic E-state index is 12.8. The van der Waals surface area contributed by atoms with Gasteiger partial charge in [0.05, 0.1) is 16.3 Å². The smallest absolute Gasteiger partial charge is 0.293 e. The van der Waals surface area contributed by atoms with Crippen LogP contribution >= 0.6 is 27.5 Å². The van der Waals surface area contributed by atoms with Gasteiger partial charge in [0.15, 0.2) is 0 Å². The van der Waals surface area contributed by atoms with Crippen LogP contribution in [0.4, 0.5) is 5.69 Å². The van der Waals surface area contributed by atoms with Gasteiger partial charge in [-0.3, -0.25) is 14.4 Å². The molecule has 1 saturated heterocycles. The van der Waals surface area contributed by atoms with Crippen LogP contribution in [0.3, 0.4) is 0 Å². The molecule has 0 bridgehead atoms. The van der Waals surface area contributed by atoms with Gasteiger partial charge in [0, 0.05) is 28.1 Å². The van der Waals surface area contributed by atoms with Gasteiger partial charge in [-0.2, -0.15) is 0 Å². The summed E-state index contributed by atoms with van der Waals surface area (Å²) in [5.41, 5.74) is 2.61. The Balaban J connectivity index is 1.50. The third-order valence-electron chi connectivity index (χ3n) is 5.00. The molecule has 148 valence electrons. The molecule has 2 N–H and O–H groups in total. The molecule has 2 heterocycles. The fourth-order valence-corrected chi connectivity index (χ4v) is 4.21. The minimum atomic E-state index is -0.805. The molecule has 1 fully saturated rings. The van der Waals surface area contributed by atoms with Crippen LogP contribution in [0.2, 0.25) is 5.02 Å². The van der Waals surface area contributed by atoms with Crippen molar-refractivity contribution in [2.45, 2.75) is 19.4 Å². The number of carbonyl (C=O) groups excluding carboxylic acids is 3. The second kappa shape index (κ2) is 7.65. The fraction of sp³-hybridized carbons (Fsp3) is 0.190. The Bertz CT molecular complexity index is 1160. The summed E-state index contributed by atoms with van der Waals surface area (Å²) in [7, 11) is 0. The van der Waals surface area contributed by atoms with Gasteiger partial charge in [-0.05, 0) is 49.2 Å². The lowest BCUT2D eigenvalue weighted by Gasteiger charge is -2.18. The first-order chi connectivity index (χ1) is 13.8. The molecule has 0 aliphatic carbocycles. The first-order valence-corrected chi connectivity index (χ1v) is 10.2. The van der Waals surface area contributed by atoms with E-state index in [0.29, 0.717) is 29.1 Å². The summed E-state index contributed by atoms with van der Waals surface area (Å²) in [6.45, 7) is 2.33. The zero-order chi connectivity index (χ0) is 20.7. The van der Waals surface area contributed by atoms with Gasteiger partial charge >= 0.3 is 0 Å². The molecule has 2 amide bonds. The number of aryl methyl sites for hydroxylation is 1. The van der Waals surface area contributed by atoms with E-state index in [2.05, 4.69) is 26.2 Å². The van der Waals surface area contributed by atoms with Gasteiger partial charge in [0.2, 0.25) is 5.91 Å². The van der Waals surface area contributed by atoms with E-state index in [0.717, 1.165) is 15.6 Å². The van der Waals surface area contributed by atoms with E-state index in [1.807, 2.05) is 25.1 Å². The predicted octanol–water partition coefficient (Wildman–Crippen LogP) is 4.00. The summed E-state index contributed by atoms with van der Waals surface area (Å²) in [5.74, 6) is -1.77. The summed E-state index contributed by atoms with van der Waals surface area (Å²) in [5, 5.41) is 3.70. The van der Waals surface area contributed by atoms with Gasteiger partial charge < -0.3 is 15.2 Å². The Morgan fingerprint density at radius 1 is 1.24 bits per heavy atom. The van der Waals surface area contributed by atoms with Crippen molar-refractivity contribution in [2.24, 2.45) is 0 Å². The van der Waals surface area contributed by atoms with Crippen LogP contribution in [-0.2, 0) is 9.59 Å². The minimum Gasteiger partial charge on any atom is -0.360 e. The van der Waals surface area contributed by atoms with Crippen LogP contribution < -0.4 is 10.2 Å². The molecule has 1 unspecified atom stereocenters. The number of hydrogen-bond acceptors (Lipinski definition) is 3. The normalized spacial score (nSPS) is 16.4. The van der Waals surface area contributed by atoms with Crippen molar-refractivity contribution in [2.75, 3.05) is 11.4 Å². The van der Waals surface area contributed by atoms with Crippen molar-refractivity contribution in [1.82, 2.24) is 10.3 Å². The van der Waals surface area contributed by atoms with Crippen LogP contribution in [0.5, 0.6) is 0 Å². The lowest BCUT2D eigenvalue weighted by Crippen LogP contribution is -2.44. The number of aromatic amines is 1. The monoisotopic (exact) mass is 473 g/mol. The maximum absolute atomic E-state index is 12.8. The first-order valence-electron chi connectivity index (χ1n) is 9.04. The number of hydrogen-bond donors (Lipinski definition) is 2. The number of aromatic nitrogens is 1. The zero-order valence-electron chi connectivity index (χ0n) is 15.5. The highest BCUT2D eigenvalue weighted by Crippen LogP contribution is 2.30. The average Bonchev–Trinajstić information content (AvgIpc) is 3.25. The number of nitrogens with zero attached hydrogens (tertiary/aromatic N) is 1. The van der Waals surface area contributed by atoms with Gasteiger partial charge in [-0.1, -0.05) is 33.6 Å². The molecule has 1 aliphatic heterocycles. The van der Waals surface area contributed by atoms with Crippen molar-refractivity contribution >= 4 is 61.7 Å². The SMILES string of the molecule is Cc1ccc(N2CCC(NC(=O)C(=O)c3c[nH]c4ccc(Br)cc34)C2=O)c(Cl)c1. The fourth-order valence-electron chi connectivity index (χ4n) is 3.51. The van der Waals surface area contributed by atoms with Crippen LogP contribution in [0.15, 0.2) is 47.1 Å². The van der Waals surface area contributed by atoms with Crippen LogP contribution in [-0.4, -0.2) is 35.2 Å². The second-order valence-electron chi connectivity index (χ2n) is 6.98. The molecule has 3 aromatic rings. The number of amides is 2. The first kappa shape index (κ1) is 19.7. The molecule has 1 atom stereocenters. The maximum Gasteiger partial charge on any atom is 0.293 e. The Kier molecular flexibility index (Phi) is 5.19. The summed E-state index contributed by atoms with van der Waals surface area (Å²) in [4.78, 5) is 42.5. The number of nitrogens with one attached hydrogen (secondary N) is 2. The van der Waals surface area contributed by atoms with E-state index in [1.165, 1.54) is 6.20 Å². The molecule has 0 radical (unpaired) electrons. The molecular weight excluding hydrogens is 458 g/mol. The topological polar surface area (TPSA) is 82.3 Å². The molecule has 1 aromatic heterocycles. The van der Waals surface area contributed by atoms with Crippen LogP contribution in [0.25, 0.3) is 10.9 Å². The molecule has 8 heteroatoms. The molecule has 0 spiro atoms. The van der Waals surface area contributed by atoms with E-state index >= 15 is 0 Å². The van der Waals surface area contributed by atoms with Gasteiger partial charge in [0.25, 0.3) is 11.7 Å². The number of carbonyl (C=O) groups is 3. The summed E-state index contributed by atoms with van der Waals surface area (Å²) >= 11 is 9.64. The lowest BCUT2D eigenvalue weighted by atomic mass is 10.1. The zero-order valence-corrected chi connectivity index (χ0v) is 17.8. The third-order valence-corrected chi connectivity index (χ3v) is 5.80. The summed E-state index contributed by atoms with van der Waals surface area (Å²) in [6.07, 6.45) is 1.91. The number of Topliss-reactive ketones (excluding diaryl/α,β-unsaturated/α-hetero) is 1. The highest BCUT2D eigenvalue weighted by molar-refractivity contribution is 9.10. The molecular formula is C21H17BrClN3O3. The quantitative estimate of drug-likeness (QED) is 0.443. The largest absolute Gasteiger partial charge is 0.360 e. The molecule has 0 saturated carbocycles. The Hall–Kier alpha value is -2.64. The Labute approximate surface area is 180 Å². The van der Waals surface area contributed by atoms with E-state index in [1.54, 1.807) is 23.1 Å².